The third kappa shape index (κ3) is 3.29. The lowest BCUT2D eigenvalue weighted by Crippen LogP contribution is -2.42. The second-order valence-corrected chi connectivity index (χ2v) is 6.06. The van der Waals surface area contributed by atoms with Crippen molar-refractivity contribution in [2.75, 3.05) is 20.1 Å². The van der Waals surface area contributed by atoms with E-state index in [-0.39, 0.29) is 17.7 Å². The van der Waals surface area contributed by atoms with Crippen LogP contribution < -0.4 is 5.32 Å². The number of nitrogens with zero attached hydrogens (tertiary/aromatic N) is 4. The highest BCUT2D eigenvalue weighted by Crippen LogP contribution is 2.19. The fraction of sp³-hybridized carbons (Fsp3) is 0.412. The number of likely N-dealkylation sites (tertiary alicyclic amines) is 1. The molecule has 2 aromatic rings. The van der Waals surface area contributed by atoms with E-state index in [1.807, 2.05) is 31.2 Å². The predicted octanol–water partition coefficient (Wildman–Crippen LogP) is 1.17. The maximum atomic E-state index is 12.6. The minimum Gasteiger partial charge on any atom is -0.359 e. The van der Waals surface area contributed by atoms with Crippen molar-refractivity contribution in [1.29, 1.82) is 0 Å². The van der Waals surface area contributed by atoms with Crippen LogP contribution >= 0.6 is 0 Å². The van der Waals surface area contributed by atoms with Crippen molar-refractivity contribution in [1.82, 2.24) is 25.2 Å². The normalized spacial score (nSPS) is 15.3. The van der Waals surface area contributed by atoms with Gasteiger partial charge in [0, 0.05) is 26.1 Å². The van der Waals surface area contributed by atoms with Crippen LogP contribution in [0.4, 0.5) is 0 Å². The molecule has 0 radical (unpaired) electrons. The van der Waals surface area contributed by atoms with Gasteiger partial charge in [0.1, 0.15) is 0 Å². The zero-order chi connectivity index (χ0) is 17.1. The first-order valence-electron chi connectivity index (χ1n) is 8.08. The van der Waals surface area contributed by atoms with Gasteiger partial charge in [0.2, 0.25) is 5.91 Å². The molecule has 1 N–H and O–H groups in total. The van der Waals surface area contributed by atoms with Gasteiger partial charge < -0.3 is 10.2 Å². The second-order valence-electron chi connectivity index (χ2n) is 6.06. The lowest BCUT2D eigenvalue weighted by Gasteiger charge is -2.30. The van der Waals surface area contributed by atoms with Crippen LogP contribution in [-0.2, 0) is 4.79 Å². The molecule has 1 aromatic heterocycles. The minimum atomic E-state index is -0.135. The molecule has 2 heterocycles. The zero-order valence-electron chi connectivity index (χ0n) is 13.9. The summed E-state index contributed by atoms with van der Waals surface area (Å²) in [5, 5.41) is 10.7. The summed E-state index contributed by atoms with van der Waals surface area (Å²) in [5.74, 6) is -0.0987. The summed E-state index contributed by atoms with van der Waals surface area (Å²) in [7, 11) is 1.64. The summed E-state index contributed by atoms with van der Waals surface area (Å²) in [4.78, 5) is 26.0. The van der Waals surface area contributed by atoms with Gasteiger partial charge in [-0.05, 0) is 31.9 Å². The van der Waals surface area contributed by atoms with Crippen LogP contribution in [0.2, 0.25) is 0 Å². The molecule has 3 rings (SSSR count). The highest BCUT2D eigenvalue weighted by Gasteiger charge is 2.28. The van der Waals surface area contributed by atoms with Crippen LogP contribution in [0.15, 0.2) is 30.5 Å². The van der Waals surface area contributed by atoms with Gasteiger partial charge in [-0.25, -0.2) is 4.68 Å². The maximum absolute atomic E-state index is 12.6. The van der Waals surface area contributed by atoms with Crippen LogP contribution in [0.25, 0.3) is 5.69 Å². The number of piperidine rings is 1. The number of rotatable bonds is 3. The topological polar surface area (TPSA) is 80.1 Å². The molecule has 1 aromatic carbocycles. The van der Waals surface area contributed by atoms with E-state index in [1.165, 1.54) is 0 Å². The van der Waals surface area contributed by atoms with Gasteiger partial charge in [-0.3, -0.25) is 9.59 Å². The highest BCUT2D eigenvalue weighted by atomic mass is 16.2. The summed E-state index contributed by atoms with van der Waals surface area (Å²) in [6.45, 7) is 3.14. The molecule has 0 atom stereocenters. The number of carbonyl (C=O) groups is 2. The van der Waals surface area contributed by atoms with Crippen molar-refractivity contribution < 1.29 is 9.59 Å². The largest absolute Gasteiger partial charge is 0.359 e. The Kier molecular flexibility index (Phi) is 4.59. The molecule has 0 unspecified atom stereocenters. The summed E-state index contributed by atoms with van der Waals surface area (Å²) in [6, 6.07) is 7.85. The average molecular weight is 327 g/mol. The first-order chi connectivity index (χ1) is 11.6. The molecule has 0 bridgehead atoms. The van der Waals surface area contributed by atoms with E-state index in [1.54, 1.807) is 22.8 Å². The third-order valence-corrected chi connectivity index (χ3v) is 4.41. The average Bonchev–Trinajstić information content (AvgIpc) is 3.11. The Labute approximate surface area is 140 Å². The van der Waals surface area contributed by atoms with Crippen molar-refractivity contribution >= 4 is 11.8 Å². The Morgan fingerprint density at radius 1 is 1.17 bits per heavy atom. The van der Waals surface area contributed by atoms with Crippen LogP contribution in [0.1, 0.15) is 28.9 Å². The van der Waals surface area contributed by atoms with E-state index in [2.05, 4.69) is 15.6 Å². The van der Waals surface area contributed by atoms with Gasteiger partial charge in [0.05, 0.1) is 11.9 Å². The molecule has 126 valence electrons. The number of hydrogen-bond acceptors (Lipinski definition) is 4. The molecular weight excluding hydrogens is 306 g/mol. The first kappa shape index (κ1) is 16.2. The predicted molar refractivity (Wildman–Crippen MR) is 88.8 cm³/mol. The molecule has 2 amide bonds. The number of aryl methyl sites for hydroxylation is 1. The van der Waals surface area contributed by atoms with E-state index >= 15 is 0 Å². The van der Waals surface area contributed by atoms with Gasteiger partial charge in [-0.2, -0.15) is 0 Å². The van der Waals surface area contributed by atoms with Gasteiger partial charge in [-0.1, -0.05) is 22.9 Å². The molecule has 0 spiro atoms. The van der Waals surface area contributed by atoms with E-state index in [4.69, 9.17) is 0 Å². The molecule has 1 saturated heterocycles. The molecule has 0 saturated carbocycles. The van der Waals surface area contributed by atoms with Crippen molar-refractivity contribution in [2.45, 2.75) is 19.8 Å². The number of nitrogens with one attached hydrogen (secondary N) is 1. The third-order valence-electron chi connectivity index (χ3n) is 4.41. The Hall–Kier alpha value is -2.70. The van der Waals surface area contributed by atoms with E-state index < -0.39 is 0 Å². The molecule has 1 fully saturated rings. The SMILES string of the molecule is CNC(=O)C1CCN(C(=O)c2cn(-c3ccc(C)cc3)nn2)CC1. The summed E-state index contributed by atoms with van der Waals surface area (Å²) >= 11 is 0. The zero-order valence-corrected chi connectivity index (χ0v) is 13.9. The van der Waals surface area contributed by atoms with Gasteiger partial charge in [-0.15, -0.1) is 5.10 Å². The molecule has 1 aliphatic rings. The number of aromatic nitrogens is 3. The number of carbonyl (C=O) groups excluding carboxylic acids is 2. The highest BCUT2D eigenvalue weighted by molar-refractivity contribution is 5.92. The first-order valence-corrected chi connectivity index (χ1v) is 8.08. The minimum absolute atomic E-state index is 0.0118. The second kappa shape index (κ2) is 6.82. The molecule has 7 nitrogen and oxygen atoms in total. The fourth-order valence-electron chi connectivity index (χ4n) is 2.90. The van der Waals surface area contributed by atoms with E-state index in [9.17, 15) is 9.59 Å². The summed E-state index contributed by atoms with van der Waals surface area (Å²) < 4.78 is 1.60. The van der Waals surface area contributed by atoms with Crippen molar-refractivity contribution in [2.24, 2.45) is 5.92 Å². The van der Waals surface area contributed by atoms with Crippen LogP contribution in [0.5, 0.6) is 0 Å². The maximum Gasteiger partial charge on any atom is 0.276 e. The summed E-state index contributed by atoms with van der Waals surface area (Å²) in [6.07, 6.45) is 3.01. The van der Waals surface area contributed by atoms with Crippen molar-refractivity contribution in [3.8, 4) is 5.69 Å². The summed E-state index contributed by atoms with van der Waals surface area (Å²) in [5.41, 5.74) is 2.36. The lowest BCUT2D eigenvalue weighted by molar-refractivity contribution is -0.125. The van der Waals surface area contributed by atoms with E-state index in [0.29, 0.717) is 31.6 Å². The lowest BCUT2D eigenvalue weighted by atomic mass is 9.96. The molecule has 24 heavy (non-hydrogen) atoms. The number of amides is 2. The van der Waals surface area contributed by atoms with Crippen molar-refractivity contribution in [3.63, 3.8) is 0 Å². The van der Waals surface area contributed by atoms with Crippen LogP contribution in [0.3, 0.4) is 0 Å². The van der Waals surface area contributed by atoms with Gasteiger partial charge in [0.25, 0.3) is 5.91 Å². The molecular formula is C17H21N5O2. The Bertz CT molecular complexity index is 730. The Balaban J connectivity index is 1.66. The number of benzene rings is 1. The molecule has 7 heteroatoms. The standard InChI is InChI=1S/C17H21N5O2/c1-12-3-5-14(6-4-12)22-11-15(19-20-22)17(24)21-9-7-13(8-10-21)16(23)18-2/h3-6,11,13H,7-10H2,1-2H3,(H,18,23). The Morgan fingerprint density at radius 3 is 2.46 bits per heavy atom. The number of hydrogen-bond donors (Lipinski definition) is 1. The Morgan fingerprint density at radius 2 is 1.83 bits per heavy atom. The monoisotopic (exact) mass is 327 g/mol. The smallest absolute Gasteiger partial charge is 0.276 e. The molecule has 0 aliphatic carbocycles. The van der Waals surface area contributed by atoms with Gasteiger partial charge in [0.15, 0.2) is 5.69 Å². The molecule has 1 aliphatic heterocycles. The fourth-order valence-corrected chi connectivity index (χ4v) is 2.90. The van der Waals surface area contributed by atoms with E-state index in [0.717, 1.165) is 11.3 Å². The van der Waals surface area contributed by atoms with Crippen LogP contribution in [-0.4, -0.2) is 51.8 Å². The van der Waals surface area contributed by atoms with Crippen LogP contribution in [0, 0.1) is 12.8 Å². The van der Waals surface area contributed by atoms with Gasteiger partial charge >= 0.3 is 0 Å². The quantitative estimate of drug-likeness (QED) is 0.918. The van der Waals surface area contributed by atoms with Crippen molar-refractivity contribution in [3.05, 3.63) is 41.7 Å².